The molecule has 1 aromatic heterocycles. The molecular weight excluding hydrogens is 235 g/mol. The SMILES string of the molecule is N#Cc1nc(C(F)F)c(O)cc1C(F)(F)F. The lowest BCUT2D eigenvalue weighted by Gasteiger charge is -2.10. The molecule has 0 amide bonds. The van der Waals surface area contributed by atoms with Crippen molar-refractivity contribution in [3.8, 4) is 11.8 Å². The van der Waals surface area contributed by atoms with Gasteiger partial charge in [0.15, 0.2) is 5.69 Å². The Hall–Kier alpha value is -1.91. The van der Waals surface area contributed by atoms with Crippen LogP contribution < -0.4 is 0 Å². The molecule has 0 saturated carbocycles. The molecule has 0 unspecified atom stereocenters. The molecular formula is C8H3F5N2O. The van der Waals surface area contributed by atoms with Gasteiger partial charge in [0.2, 0.25) is 0 Å². The summed E-state index contributed by atoms with van der Waals surface area (Å²) in [6, 6.07) is 1.11. The van der Waals surface area contributed by atoms with E-state index in [0.717, 1.165) is 6.07 Å². The average Bonchev–Trinajstić information content (AvgIpc) is 2.15. The molecule has 0 fully saturated rings. The zero-order valence-electron chi connectivity index (χ0n) is 7.39. The topological polar surface area (TPSA) is 56.9 Å². The molecule has 0 aromatic carbocycles. The van der Waals surface area contributed by atoms with Gasteiger partial charge in [-0.05, 0) is 6.07 Å². The van der Waals surface area contributed by atoms with Crippen LogP contribution in [0.5, 0.6) is 5.75 Å². The summed E-state index contributed by atoms with van der Waals surface area (Å²) in [6.45, 7) is 0. The van der Waals surface area contributed by atoms with E-state index in [2.05, 4.69) is 4.98 Å². The minimum absolute atomic E-state index is 0.0625. The number of hydrogen-bond donors (Lipinski definition) is 1. The quantitative estimate of drug-likeness (QED) is 0.765. The first-order valence-electron chi connectivity index (χ1n) is 3.76. The Morgan fingerprint density at radius 3 is 2.31 bits per heavy atom. The second-order valence-electron chi connectivity index (χ2n) is 2.70. The van der Waals surface area contributed by atoms with Gasteiger partial charge in [0.25, 0.3) is 6.43 Å². The number of rotatable bonds is 1. The molecule has 16 heavy (non-hydrogen) atoms. The second kappa shape index (κ2) is 3.92. The number of pyridine rings is 1. The van der Waals surface area contributed by atoms with Crippen LogP contribution in [0.2, 0.25) is 0 Å². The first kappa shape index (κ1) is 12.2. The highest BCUT2D eigenvalue weighted by Gasteiger charge is 2.36. The Balaban J connectivity index is 3.46. The standard InChI is InChI=1S/C8H3F5N2O/c9-7(10)6-5(16)1-3(8(11,12)13)4(2-14)15-6/h1,7,16H. The van der Waals surface area contributed by atoms with Crippen molar-refractivity contribution in [2.24, 2.45) is 0 Å². The summed E-state index contributed by atoms with van der Waals surface area (Å²) in [5.74, 6) is -1.29. The van der Waals surface area contributed by atoms with Gasteiger partial charge in [0, 0.05) is 0 Å². The summed E-state index contributed by atoms with van der Waals surface area (Å²) >= 11 is 0. The van der Waals surface area contributed by atoms with Crippen molar-refractivity contribution in [1.82, 2.24) is 4.98 Å². The van der Waals surface area contributed by atoms with Crippen LogP contribution in [-0.2, 0) is 6.18 Å². The molecule has 0 spiro atoms. The third kappa shape index (κ3) is 2.18. The Kier molecular flexibility index (Phi) is 2.98. The molecule has 3 nitrogen and oxygen atoms in total. The van der Waals surface area contributed by atoms with E-state index in [1.807, 2.05) is 0 Å². The van der Waals surface area contributed by atoms with Gasteiger partial charge in [0.05, 0.1) is 5.56 Å². The number of hydrogen-bond acceptors (Lipinski definition) is 3. The molecule has 0 bridgehead atoms. The number of nitriles is 1. The minimum atomic E-state index is -4.93. The number of aromatic nitrogens is 1. The summed E-state index contributed by atoms with van der Waals surface area (Å²) in [5.41, 5.74) is -3.98. The summed E-state index contributed by atoms with van der Waals surface area (Å²) in [5, 5.41) is 17.2. The summed E-state index contributed by atoms with van der Waals surface area (Å²) in [6.07, 6.45) is -8.19. The fourth-order valence-electron chi connectivity index (χ4n) is 0.979. The average molecular weight is 238 g/mol. The van der Waals surface area contributed by atoms with Crippen LogP contribution in [0.3, 0.4) is 0 Å². The van der Waals surface area contributed by atoms with Gasteiger partial charge in [-0.1, -0.05) is 0 Å². The third-order valence-electron chi connectivity index (χ3n) is 1.65. The van der Waals surface area contributed by atoms with Crippen molar-refractivity contribution in [2.45, 2.75) is 12.6 Å². The number of nitrogens with zero attached hydrogens (tertiary/aromatic N) is 2. The molecule has 8 heteroatoms. The first-order valence-corrected chi connectivity index (χ1v) is 3.76. The molecule has 1 heterocycles. The highest BCUT2D eigenvalue weighted by atomic mass is 19.4. The Labute approximate surface area is 85.8 Å². The Bertz CT molecular complexity index is 449. The van der Waals surface area contributed by atoms with Crippen LogP contribution in [-0.4, -0.2) is 10.1 Å². The zero-order chi connectivity index (χ0) is 12.5. The maximum absolute atomic E-state index is 12.3. The molecule has 0 aliphatic carbocycles. The Morgan fingerprint density at radius 1 is 1.38 bits per heavy atom. The van der Waals surface area contributed by atoms with Crippen molar-refractivity contribution < 1.29 is 27.1 Å². The van der Waals surface area contributed by atoms with Crippen molar-refractivity contribution in [2.75, 3.05) is 0 Å². The maximum Gasteiger partial charge on any atom is 0.419 e. The molecule has 0 saturated heterocycles. The van der Waals surface area contributed by atoms with Gasteiger partial charge >= 0.3 is 6.18 Å². The maximum atomic E-state index is 12.3. The van der Waals surface area contributed by atoms with E-state index in [9.17, 15) is 22.0 Å². The van der Waals surface area contributed by atoms with Crippen LogP contribution in [0.1, 0.15) is 23.4 Å². The first-order chi connectivity index (χ1) is 7.27. The molecule has 0 atom stereocenters. The van der Waals surface area contributed by atoms with E-state index in [0.29, 0.717) is 0 Å². The van der Waals surface area contributed by atoms with E-state index in [4.69, 9.17) is 10.4 Å². The normalized spacial score (nSPS) is 11.6. The highest BCUT2D eigenvalue weighted by Crippen LogP contribution is 2.36. The fraction of sp³-hybridized carbons (Fsp3) is 0.250. The lowest BCUT2D eigenvalue weighted by molar-refractivity contribution is -0.138. The summed E-state index contributed by atoms with van der Waals surface area (Å²) in [4.78, 5) is 2.78. The summed E-state index contributed by atoms with van der Waals surface area (Å²) < 4.78 is 61.1. The van der Waals surface area contributed by atoms with Crippen LogP contribution in [0.15, 0.2) is 6.07 Å². The largest absolute Gasteiger partial charge is 0.506 e. The highest BCUT2D eigenvalue weighted by molar-refractivity contribution is 5.41. The lowest BCUT2D eigenvalue weighted by Crippen LogP contribution is -2.10. The molecule has 86 valence electrons. The third-order valence-corrected chi connectivity index (χ3v) is 1.65. The van der Waals surface area contributed by atoms with Crippen LogP contribution >= 0.6 is 0 Å². The molecule has 0 aliphatic rings. The van der Waals surface area contributed by atoms with Gasteiger partial charge in [-0.25, -0.2) is 13.8 Å². The van der Waals surface area contributed by atoms with Crippen molar-refractivity contribution >= 4 is 0 Å². The molecule has 0 radical (unpaired) electrons. The van der Waals surface area contributed by atoms with Crippen LogP contribution in [0.4, 0.5) is 22.0 Å². The van der Waals surface area contributed by atoms with E-state index in [1.54, 1.807) is 0 Å². The predicted octanol–water partition coefficient (Wildman–Crippen LogP) is 2.62. The van der Waals surface area contributed by atoms with Crippen LogP contribution in [0.25, 0.3) is 0 Å². The van der Waals surface area contributed by atoms with E-state index in [1.165, 1.54) is 0 Å². The van der Waals surface area contributed by atoms with E-state index < -0.39 is 35.3 Å². The minimum Gasteiger partial charge on any atom is -0.506 e. The van der Waals surface area contributed by atoms with Gasteiger partial charge in [-0.15, -0.1) is 0 Å². The van der Waals surface area contributed by atoms with Gasteiger partial charge in [-0.2, -0.15) is 18.4 Å². The van der Waals surface area contributed by atoms with Crippen molar-refractivity contribution in [3.63, 3.8) is 0 Å². The molecule has 1 N–H and O–H groups in total. The molecule has 0 aliphatic heterocycles. The fourth-order valence-corrected chi connectivity index (χ4v) is 0.979. The smallest absolute Gasteiger partial charge is 0.419 e. The monoisotopic (exact) mass is 238 g/mol. The van der Waals surface area contributed by atoms with E-state index in [-0.39, 0.29) is 6.07 Å². The Morgan fingerprint density at radius 2 is 1.94 bits per heavy atom. The summed E-state index contributed by atoms with van der Waals surface area (Å²) in [7, 11) is 0. The second-order valence-corrected chi connectivity index (χ2v) is 2.70. The predicted molar refractivity (Wildman–Crippen MR) is 40.6 cm³/mol. The lowest BCUT2D eigenvalue weighted by atomic mass is 10.1. The van der Waals surface area contributed by atoms with Crippen molar-refractivity contribution in [1.29, 1.82) is 5.26 Å². The molecule has 1 rings (SSSR count). The van der Waals surface area contributed by atoms with Crippen LogP contribution in [0, 0.1) is 11.3 Å². The van der Waals surface area contributed by atoms with Gasteiger partial charge in [-0.3, -0.25) is 0 Å². The van der Waals surface area contributed by atoms with Gasteiger partial charge < -0.3 is 5.11 Å². The van der Waals surface area contributed by atoms with Gasteiger partial charge in [0.1, 0.15) is 17.5 Å². The van der Waals surface area contributed by atoms with Crippen molar-refractivity contribution in [3.05, 3.63) is 23.0 Å². The number of aromatic hydroxyl groups is 1. The number of halogens is 5. The number of alkyl halides is 5. The zero-order valence-corrected chi connectivity index (χ0v) is 7.39. The van der Waals surface area contributed by atoms with E-state index >= 15 is 0 Å². The molecule has 1 aromatic rings.